The molecule has 0 saturated carbocycles. The van der Waals surface area contributed by atoms with E-state index in [-0.39, 0.29) is 24.4 Å². The number of aryl methyl sites for hydroxylation is 2. The molecule has 3 aromatic heterocycles. The molecule has 4 rings (SSSR count). The van der Waals surface area contributed by atoms with E-state index >= 15 is 0 Å². The van der Waals surface area contributed by atoms with Crippen LogP contribution < -0.4 is 16.4 Å². The number of fused-ring (bicyclic) bond motifs is 1. The van der Waals surface area contributed by atoms with E-state index in [1.54, 1.807) is 15.6 Å². The number of nitrogen functional groups attached to an aromatic ring is 1. The van der Waals surface area contributed by atoms with Crippen molar-refractivity contribution in [3.63, 3.8) is 0 Å². The predicted molar refractivity (Wildman–Crippen MR) is 108 cm³/mol. The van der Waals surface area contributed by atoms with E-state index in [4.69, 9.17) is 10.5 Å². The van der Waals surface area contributed by atoms with Crippen LogP contribution in [-0.4, -0.2) is 54.5 Å². The number of nitrogens with zero attached hydrogens (tertiary/aromatic N) is 6. The predicted octanol–water partition coefficient (Wildman–Crippen LogP) is 1.16. The van der Waals surface area contributed by atoms with Crippen LogP contribution in [0.15, 0.2) is 12.4 Å². The maximum absolute atomic E-state index is 12.6. The third-order valence-electron chi connectivity index (χ3n) is 4.83. The number of amides is 1. The molecule has 1 amide bonds. The summed E-state index contributed by atoms with van der Waals surface area (Å²) in [6.07, 6.45) is 3.36. The highest BCUT2D eigenvalue weighted by atomic mass is 16.5. The number of hydrogen-bond acceptors (Lipinski definition) is 8. The number of ether oxygens (including phenoxy) is 1. The van der Waals surface area contributed by atoms with Crippen LogP contribution in [0.4, 0.5) is 17.6 Å². The Bertz CT molecular complexity index is 1020. The number of nitrogens with one attached hydrogen (secondary N) is 2. The van der Waals surface area contributed by atoms with Crippen molar-refractivity contribution in [1.82, 2.24) is 29.3 Å². The summed E-state index contributed by atoms with van der Waals surface area (Å²) in [4.78, 5) is 25.6. The first-order valence-corrected chi connectivity index (χ1v) is 9.70. The molecule has 4 heterocycles. The molecule has 11 nitrogen and oxygen atoms in total. The zero-order valence-corrected chi connectivity index (χ0v) is 16.6. The number of nitrogens with two attached hydrogens (primary N) is 1. The number of anilines is 3. The van der Waals surface area contributed by atoms with E-state index in [0.29, 0.717) is 42.6 Å². The maximum Gasteiger partial charge on any atom is 0.245 e. The number of imidazole rings is 1. The second kappa shape index (κ2) is 8.03. The maximum atomic E-state index is 12.6. The summed E-state index contributed by atoms with van der Waals surface area (Å²) in [6.45, 7) is 6.00. The van der Waals surface area contributed by atoms with Gasteiger partial charge in [0.15, 0.2) is 17.0 Å². The summed E-state index contributed by atoms with van der Waals surface area (Å²) < 4.78 is 8.80. The fraction of sp³-hybridized carbons (Fsp3) is 0.500. The van der Waals surface area contributed by atoms with E-state index in [1.165, 1.54) is 0 Å². The van der Waals surface area contributed by atoms with Gasteiger partial charge in [-0.05, 0) is 26.7 Å². The topological polar surface area (TPSA) is 138 Å². The number of hydrogen-bond donors (Lipinski definition) is 3. The molecule has 0 spiro atoms. The van der Waals surface area contributed by atoms with Gasteiger partial charge in [0.1, 0.15) is 12.4 Å². The number of aromatic nitrogens is 6. The fourth-order valence-corrected chi connectivity index (χ4v) is 3.44. The summed E-state index contributed by atoms with van der Waals surface area (Å²) in [6, 6.07) is 2.08. The van der Waals surface area contributed by atoms with Crippen LogP contribution in [0.2, 0.25) is 0 Å². The first-order chi connectivity index (χ1) is 14.0. The molecule has 0 bridgehead atoms. The molecule has 29 heavy (non-hydrogen) atoms. The minimum atomic E-state index is -0.199. The lowest BCUT2D eigenvalue weighted by molar-refractivity contribution is -0.116. The lowest BCUT2D eigenvalue weighted by Crippen LogP contribution is -2.28. The SMILES string of the molecule is CCn1nc(C)cc1NC(=O)Cn1cnc2c(NC3CCOCC3)nc(N)nc21. The second-order valence-corrected chi connectivity index (χ2v) is 7.04. The van der Waals surface area contributed by atoms with E-state index in [0.717, 1.165) is 18.5 Å². The minimum absolute atomic E-state index is 0.0532. The van der Waals surface area contributed by atoms with Crippen LogP contribution in [0.1, 0.15) is 25.5 Å². The van der Waals surface area contributed by atoms with Crippen LogP contribution in [0.3, 0.4) is 0 Å². The van der Waals surface area contributed by atoms with Crippen molar-refractivity contribution in [2.24, 2.45) is 0 Å². The second-order valence-electron chi connectivity index (χ2n) is 7.04. The third kappa shape index (κ3) is 4.14. The van der Waals surface area contributed by atoms with Crippen molar-refractivity contribution in [2.45, 2.75) is 45.8 Å². The van der Waals surface area contributed by atoms with Crippen LogP contribution >= 0.6 is 0 Å². The van der Waals surface area contributed by atoms with Gasteiger partial charge in [-0.25, -0.2) is 9.67 Å². The van der Waals surface area contributed by atoms with E-state index in [9.17, 15) is 4.79 Å². The van der Waals surface area contributed by atoms with Gasteiger partial charge in [0, 0.05) is 31.9 Å². The van der Waals surface area contributed by atoms with E-state index < -0.39 is 0 Å². The highest BCUT2D eigenvalue weighted by molar-refractivity contribution is 5.91. The summed E-state index contributed by atoms with van der Waals surface area (Å²) in [5.41, 5.74) is 7.87. The van der Waals surface area contributed by atoms with Crippen LogP contribution in [-0.2, 0) is 22.6 Å². The molecule has 154 valence electrons. The molecule has 0 unspecified atom stereocenters. The Balaban J connectivity index is 1.54. The highest BCUT2D eigenvalue weighted by Gasteiger charge is 2.19. The molecule has 0 aliphatic carbocycles. The molecule has 0 aromatic carbocycles. The number of carbonyl (C=O) groups is 1. The minimum Gasteiger partial charge on any atom is -0.381 e. The molecule has 1 aliphatic heterocycles. The molecular formula is C18H25N9O2. The average Bonchev–Trinajstić information content (AvgIpc) is 3.25. The van der Waals surface area contributed by atoms with Gasteiger partial charge >= 0.3 is 0 Å². The molecule has 3 aromatic rings. The summed E-state index contributed by atoms with van der Waals surface area (Å²) >= 11 is 0. The molecule has 1 fully saturated rings. The van der Waals surface area contributed by atoms with Gasteiger partial charge in [0.2, 0.25) is 11.9 Å². The summed E-state index contributed by atoms with van der Waals surface area (Å²) in [5.74, 6) is 1.18. The van der Waals surface area contributed by atoms with Crippen molar-refractivity contribution in [3.05, 3.63) is 18.1 Å². The molecule has 0 radical (unpaired) electrons. The smallest absolute Gasteiger partial charge is 0.245 e. The standard InChI is InChI=1S/C18H25N9O2/c1-3-27-13(8-11(2)25-27)22-14(28)9-26-10-20-15-16(23-18(19)24-17(15)26)21-12-4-6-29-7-5-12/h8,10,12H,3-7,9H2,1-2H3,(H,22,28)(H3,19,21,23,24). The molecule has 4 N–H and O–H groups in total. The Kier molecular flexibility index (Phi) is 5.30. The summed E-state index contributed by atoms with van der Waals surface area (Å²) in [5, 5.41) is 10.6. The number of carbonyl (C=O) groups excluding carboxylic acids is 1. The molecule has 0 atom stereocenters. The van der Waals surface area contributed by atoms with Gasteiger partial charge in [-0.1, -0.05) is 0 Å². The number of rotatable bonds is 6. The van der Waals surface area contributed by atoms with Crippen molar-refractivity contribution in [2.75, 3.05) is 29.6 Å². The van der Waals surface area contributed by atoms with Crippen molar-refractivity contribution < 1.29 is 9.53 Å². The largest absolute Gasteiger partial charge is 0.381 e. The highest BCUT2D eigenvalue weighted by Crippen LogP contribution is 2.22. The average molecular weight is 399 g/mol. The van der Waals surface area contributed by atoms with Crippen molar-refractivity contribution in [1.29, 1.82) is 0 Å². The molecular weight excluding hydrogens is 374 g/mol. The lowest BCUT2D eigenvalue weighted by Gasteiger charge is -2.23. The van der Waals surface area contributed by atoms with Crippen molar-refractivity contribution >= 4 is 34.7 Å². The summed E-state index contributed by atoms with van der Waals surface area (Å²) in [7, 11) is 0. The zero-order valence-electron chi connectivity index (χ0n) is 16.6. The third-order valence-corrected chi connectivity index (χ3v) is 4.83. The molecule has 1 saturated heterocycles. The Morgan fingerprint density at radius 1 is 1.34 bits per heavy atom. The first kappa shape index (κ1) is 19.1. The first-order valence-electron chi connectivity index (χ1n) is 9.70. The quantitative estimate of drug-likeness (QED) is 0.561. The van der Waals surface area contributed by atoms with Gasteiger partial charge < -0.3 is 25.7 Å². The normalized spacial score (nSPS) is 15.0. The lowest BCUT2D eigenvalue weighted by atomic mass is 10.1. The van der Waals surface area contributed by atoms with Gasteiger partial charge in [-0.3, -0.25) is 4.79 Å². The van der Waals surface area contributed by atoms with Gasteiger partial charge in [0.05, 0.1) is 12.0 Å². The van der Waals surface area contributed by atoms with Crippen LogP contribution in [0, 0.1) is 6.92 Å². The van der Waals surface area contributed by atoms with Crippen LogP contribution in [0.5, 0.6) is 0 Å². The van der Waals surface area contributed by atoms with Crippen molar-refractivity contribution in [3.8, 4) is 0 Å². The van der Waals surface area contributed by atoms with Gasteiger partial charge in [-0.2, -0.15) is 15.1 Å². The monoisotopic (exact) mass is 399 g/mol. The Labute approximate surface area is 167 Å². The van der Waals surface area contributed by atoms with Gasteiger partial charge in [0.25, 0.3) is 0 Å². The van der Waals surface area contributed by atoms with E-state index in [2.05, 4.69) is 30.7 Å². The van der Waals surface area contributed by atoms with Crippen LogP contribution in [0.25, 0.3) is 11.2 Å². The Morgan fingerprint density at radius 3 is 2.90 bits per heavy atom. The fourth-order valence-electron chi connectivity index (χ4n) is 3.44. The van der Waals surface area contributed by atoms with Gasteiger partial charge in [-0.15, -0.1) is 0 Å². The van der Waals surface area contributed by atoms with E-state index in [1.807, 2.05) is 19.9 Å². The zero-order chi connectivity index (χ0) is 20.4. The Morgan fingerprint density at radius 2 is 2.14 bits per heavy atom. The molecule has 11 heteroatoms. The Hall–Kier alpha value is -3.21. The molecule has 1 aliphatic rings.